The number of nitrogens with zero attached hydrogens (tertiary/aromatic N) is 3. The summed E-state index contributed by atoms with van der Waals surface area (Å²) in [6.07, 6.45) is 4.68. The van der Waals surface area contributed by atoms with Crippen LogP contribution in [0.4, 0.5) is 0 Å². The van der Waals surface area contributed by atoms with Crippen molar-refractivity contribution in [2.24, 2.45) is 5.92 Å². The van der Waals surface area contributed by atoms with Gasteiger partial charge in [-0.15, -0.1) is 0 Å². The number of fused-ring (bicyclic) bond motifs is 1. The van der Waals surface area contributed by atoms with Gasteiger partial charge in [-0.1, -0.05) is 6.07 Å². The highest BCUT2D eigenvalue weighted by atomic mass is 16.5. The molecule has 1 aromatic rings. The predicted octanol–water partition coefficient (Wildman–Crippen LogP) is 0.330. The molecule has 0 N–H and O–H groups in total. The van der Waals surface area contributed by atoms with Gasteiger partial charge in [-0.3, -0.25) is 14.6 Å². The zero-order valence-electron chi connectivity index (χ0n) is 12.8. The van der Waals surface area contributed by atoms with Gasteiger partial charge in [0.05, 0.1) is 12.5 Å². The highest BCUT2D eigenvalue weighted by Crippen LogP contribution is 2.24. The summed E-state index contributed by atoms with van der Waals surface area (Å²) in [5.41, 5.74) is 0.930. The SMILES string of the molecule is CN1C[C@H]2CN(C(=O)Cc3cccnc3)CC[C@@H]2OCC1=O. The van der Waals surface area contributed by atoms with E-state index in [1.165, 1.54) is 0 Å². The van der Waals surface area contributed by atoms with E-state index in [2.05, 4.69) is 4.98 Å². The highest BCUT2D eigenvalue weighted by Gasteiger charge is 2.36. The fraction of sp³-hybridized carbons (Fsp3) is 0.562. The summed E-state index contributed by atoms with van der Waals surface area (Å²) in [5, 5.41) is 0. The van der Waals surface area contributed by atoms with Crippen LogP contribution >= 0.6 is 0 Å². The van der Waals surface area contributed by atoms with Crippen LogP contribution in [-0.2, 0) is 20.7 Å². The van der Waals surface area contributed by atoms with Gasteiger partial charge in [0.1, 0.15) is 6.61 Å². The van der Waals surface area contributed by atoms with E-state index in [9.17, 15) is 9.59 Å². The van der Waals surface area contributed by atoms with Crippen LogP contribution in [0.2, 0.25) is 0 Å². The van der Waals surface area contributed by atoms with E-state index >= 15 is 0 Å². The topological polar surface area (TPSA) is 62.7 Å². The Morgan fingerprint density at radius 2 is 2.32 bits per heavy atom. The molecular formula is C16H21N3O3. The van der Waals surface area contributed by atoms with Gasteiger partial charge in [-0.2, -0.15) is 0 Å². The van der Waals surface area contributed by atoms with E-state index in [-0.39, 0.29) is 30.4 Å². The number of aromatic nitrogens is 1. The van der Waals surface area contributed by atoms with Crippen LogP contribution in [0.5, 0.6) is 0 Å². The normalized spacial score (nSPS) is 25.6. The van der Waals surface area contributed by atoms with Crippen molar-refractivity contribution < 1.29 is 14.3 Å². The standard InChI is InChI=1S/C16H21N3O3/c1-18-9-13-10-19(6-4-14(13)22-11-16(18)21)15(20)7-12-3-2-5-17-8-12/h2-3,5,8,13-14H,4,6-7,9-11H2,1H3/t13-,14-/m0/s1. The lowest BCUT2D eigenvalue weighted by molar-refractivity contribution is -0.137. The number of amides is 2. The summed E-state index contributed by atoms with van der Waals surface area (Å²) in [7, 11) is 1.80. The molecule has 0 saturated carbocycles. The molecule has 0 aromatic carbocycles. The van der Waals surface area contributed by atoms with E-state index < -0.39 is 0 Å². The molecule has 22 heavy (non-hydrogen) atoms. The van der Waals surface area contributed by atoms with Gasteiger partial charge in [0.25, 0.3) is 0 Å². The first kappa shape index (κ1) is 15.0. The van der Waals surface area contributed by atoms with Crippen molar-refractivity contribution in [1.82, 2.24) is 14.8 Å². The zero-order valence-corrected chi connectivity index (χ0v) is 12.8. The van der Waals surface area contributed by atoms with Crippen molar-refractivity contribution in [3.05, 3.63) is 30.1 Å². The molecule has 0 unspecified atom stereocenters. The monoisotopic (exact) mass is 303 g/mol. The molecule has 2 aliphatic rings. The van der Waals surface area contributed by atoms with Crippen LogP contribution in [0, 0.1) is 5.92 Å². The average Bonchev–Trinajstić information content (AvgIpc) is 2.67. The molecular weight excluding hydrogens is 282 g/mol. The number of carbonyl (C=O) groups is 2. The van der Waals surface area contributed by atoms with Gasteiger partial charge < -0.3 is 14.5 Å². The number of rotatable bonds is 2. The summed E-state index contributed by atoms with van der Waals surface area (Å²) in [5.74, 6) is 0.329. The molecule has 2 amide bonds. The van der Waals surface area contributed by atoms with Crippen molar-refractivity contribution in [3.8, 4) is 0 Å². The Morgan fingerprint density at radius 3 is 3.09 bits per heavy atom. The highest BCUT2D eigenvalue weighted by molar-refractivity contribution is 5.79. The van der Waals surface area contributed by atoms with Gasteiger partial charge in [0.15, 0.2) is 0 Å². The third kappa shape index (κ3) is 3.27. The number of pyridine rings is 1. The molecule has 0 bridgehead atoms. The Balaban J connectivity index is 1.62. The molecule has 118 valence electrons. The maximum atomic E-state index is 12.5. The predicted molar refractivity (Wildman–Crippen MR) is 80.0 cm³/mol. The Labute approximate surface area is 130 Å². The first-order chi connectivity index (χ1) is 10.6. The number of hydrogen-bond donors (Lipinski definition) is 0. The van der Waals surface area contributed by atoms with Crippen molar-refractivity contribution >= 4 is 11.8 Å². The lowest BCUT2D eigenvalue weighted by atomic mass is 9.94. The van der Waals surface area contributed by atoms with Crippen LogP contribution in [0.3, 0.4) is 0 Å². The van der Waals surface area contributed by atoms with Gasteiger partial charge in [0, 0.05) is 45.0 Å². The second kappa shape index (κ2) is 6.44. The molecule has 0 spiro atoms. The van der Waals surface area contributed by atoms with Gasteiger partial charge >= 0.3 is 0 Å². The smallest absolute Gasteiger partial charge is 0.248 e. The fourth-order valence-electron chi connectivity index (χ4n) is 3.16. The molecule has 2 atom stereocenters. The maximum absolute atomic E-state index is 12.5. The maximum Gasteiger partial charge on any atom is 0.248 e. The van der Waals surface area contributed by atoms with E-state index in [1.54, 1.807) is 24.3 Å². The number of likely N-dealkylation sites (N-methyl/N-ethyl adjacent to an activating group) is 1. The first-order valence-corrected chi connectivity index (χ1v) is 7.65. The minimum absolute atomic E-state index is 0.0163. The van der Waals surface area contributed by atoms with Crippen molar-refractivity contribution in [2.45, 2.75) is 18.9 Å². The Bertz CT molecular complexity index is 549. The van der Waals surface area contributed by atoms with Crippen LogP contribution in [-0.4, -0.2) is 66.0 Å². The fourth-order valence-corrected chi connectivity index (χ4v) is 3.16. The molecule has 2 saturated heterocycles. The largest absolute Gasteiger partial charge is 0.368 e. The number of likely N-dealkylation sites (tertiary alicyclic amines) is 1. The Morgan fingerprint density at radius 1 is 1.45 bits per heavy atom. The molecule has 3 heterocycles. The number of ether oxygens (including phenoxy) is 1. The molecule has 1 aromatic heterocycles. The van der Waals surface area contributed by atoms with E-state index in [4.69, 9.17) is 4.74 Å². The molecule has 2 fully saturated rings. The van der Waals surface area contributed by atoms with Crippen LogP contribution in [0.15, 0.2) is 24.5 Å². The van der Waals surface area contributed by atoms with Crippen molar-refractivity contribution in [1.29, 1.82) is 0 Å². The molecule has 0 aliphatic carbocycles. The molecule has 6 heteroatoms. The van der Waals surface area contributed by atoms with E-state index in [0.29, 0.717) is 26.1 Å². The van der Waals surface area contributed by atoms with Gasteiger partial charge in [-0.25, -0.2) is 0 Å². The third-order valence-corrected chi connectivity index (χ3v) is 4.45. The first-order valence-electron chi connectivity index (χ1n) is 7.65. The second-order valence-electron chi connectivity index (χ2n) is 6.05. The second-order valence-corrected chi connectivity index (χ2v) is 6.05. The van der Waals surface area contributed by atoms with Gasteiger partial charge in [-0.05, 0) is 18.1 Å². The van der Waals surface area contributed by atoms with Crippen molar-refractivity contribution in [3.63, 3.8) is 0 Å². The summed E-state index contributed by atoms with van der Waals surface area (Å²) >= 11 is 0. The molecule has 2 aliphatic heterocycles. The van der Waals surface area contributed by atoms with Gasteiger partial charge in [0.2, 0.25) is 11.8 Å². The third-order valence-electron chi connectivity index (χ3n) is 4.45. The summed E-state index contributed by atoms with van der Waals surface area (Å²) in [4.78, 5) is 31.8. The number of carbonyl (C=O) groups excluding carboxylic acids is 2. The van der Waals surface area contributed by atoms with Crippen LogP contribution in [0.25, 0.3) is 0 Å². The van der Waals surface area contributed by atoms with E-state index in [1.807, 2.05) is 17.0 Å². The minimum Gasteiger partial charge on any atom is -0.368 e. The Hall–Kier alpha value is -1.95. The number of piperidine rings is 1. The van der Waals surface area contributed by atoms with Crippen molar-refractivity contribution in [2.75, 3.05) is 33.3 Å². The molecule has 0 radical (unpaired) electrons. The quantitative estimate of drug-likeness (QED) is 0.790. The Kier molecular flexibility index (Phi) is 4.38. The lowest BCUT2D eigenvalue weighted by Gasteiger charge is -2.37. The summed E-state index contributed by atoms with van der Waals surface area (Å²) in [6, 6.07) is 3.76. The summed E-state index contributed by atoms with van der Waals surface area (Å²) in [6.45, 7) is 2.15. The summed E-state index contributed by atoms with van der Waals surface area (Å²) < 4.78 is 5.70. The zero-order chi connectivity index (χ0) is 15.5. The van der Waals surface area contributed by atoms with E-state index in [0.717, 1.165) is 12.0 Å². The average molecular weight is 303 g/mol. The minimum atomic E-state index is 0.0163. The lowest BCUT2D eigenvalue weighted by Crippen LogP contribution is -2.49. The molecule has 6 nitrogen and oxygen atoms in total. The molecule has 3 rings (SSSR count). The number of hydrogen-bond acceptors (Lipinski definition) is 4. The van der Waals surface area contributed by atoms with Crippen LogP contribution in [0.1, 0.15) is 12.0 Å². The van der Waals surface area contributed by atoms with Crippen LogP contribution < -0.4 is 0 Å².